The van der Waals surface area contributed by atoms with Gasteiger partial charge in [-0.1, -0.05) is 0 Å². The highest BCUT2D eigenvalue weighted by atomic mass is 28.5. The van der Waals surface area contributed by atoms with Crippen LogP contribution in [0, 0.1) is 5.92 Å². The Balaban J connectivity index is 6.33. The van der Waals surface area contributed by atoms with Gasteiger partial charge < -0.3 is 12.3 Å². The first-order valence-electron chi connectivity index (χ1n) is 10.5. The molecule has 2 unspecified atom stereocenters. The van der Waals surface area contributed by atoms with E-state index in [0.29, 0.717) is 0 Å². The Bertz CT molecular complexity index is 707. The van der Waals surface area contributed by atoms with E-state index in [1.165, 1.54) is 6.55 Å². The van der Waals surface area contributed by atoms with Crippen molar-refractivity contribution >= 4 is 33.8 Å². The molecule has 0 heterocycles. The molecule has 0 saturated heterocycles. The fraction of sp³-hybridized carbons (Fsp3) is 1.00. The first-order valence-corrected chi connectivity index (χ1v) is 22.6. The number of hydrogen-bond donors (Lipinski definition) is 0. The molecule has 0 aromatic heterocycles. The number of rotatable bonds is 13. The number of halogens is 11. The normalized spacial score (nSPS) is 18.1. The lowest BCUT2D eigenvalue weighted by Crippen LogP contribution is -2.63. The summed E-state index contributed by atoms with van der Waals surface area (Å²) in [6.07, 6.45) is -13.3. The SMILES string of the molecule is C[Si](C)(C)O[Si](C)(C)O[Si](C)(CCC(C(F)(F)F)C(F)(F)C(F)(F)C(F)(F)C(F)F)O[Si](C)(C)C. The van der Waals surface area contributed by atoms with Gasteiger partial charge in [-0.15, -0.1) is 0 Å². The maximum absolute atomic E-state index is 14.3. The van der Waals surface area contributed by atoms with Crippen molar-refractivity contribution in [2.75, 3.05) is 0 Å². The summed E-state index contributed by atoms with van der Waals surface area (Å²) in [4.78, 5) is 0. The van der Waals surface area contributed by atoms with Gasteiger partial charge in [0.15, 0.2) is 16.6 Å². The largest absolute Gasteiger partial charge is 0.437 e. The molecule has 0 rings (SSSR count). The van der Waals surface area contributed by atoms with Crippen LogP contribution < -0.4 is 0 Å². The minimum atomic E-state index is -6.98. The van der Waals surface area contributed by atoms with Gasteiger partial charge in [0.1, 0.15) is 5.92 Å². The molecule has 0 aromatic carbocycles. The Morgan fingerprint density at radius 3 is 1.31 bits per heavy atom. The monoisotopic (exact) mass is 606 g/mol. The smallest absolute Gasteiger partial charge is 0.397 e. The van der Waals surface area contributed by atoms with Crippen molar-refractivity contribution in [2.24, 2.45) is 5.92 Å². The third-order valence-electron chi connectivity index (χ3n) is 4.37. The van der Waals surface area contributed by atoms with Crippen LogP contribution in [0.25, 0.3) is 0 Å². The molecule has 0 aromatic rings. The van der Waals surface area contributed by atoms with E-state index in [-0.39, 0.29) is 0 Å². The van der Waals surface area contributed by atoms with E-state index < -0.39 is 82.5 Å². The summed E-state index contributed by atoms with van der Waals surface area (Å²) in [5.41, 5.74) is 0. The molecule has 3 nitrogen and oxygen atoms in total. The Kier molecular flexibility index (Phi) is 10.6. The van der Waals surface area contributed by atoms with Crippen LogP contribution >= 0.6 is 0 Å². The van der Waals surface area contributed by atoms with Crippen molar-refractivity contribution in [3.05, 3.63) is 0 Å². The van der Waals surface area contributed by atoms with Crippen LogP contribution in [0.15, 0.2) is 0 Å². The second-order valence-electron chi connectivity index (χ2n) is 10.8. The van der Waals surface area contributed by atoms with Gasteiger partial charge in [-0.2, -0.15) is 39.5 Å². The lowest BCUT2D eigenvalue weighted by atomic mass is 9.89. The quantitative estimate of drug-likeness (QED) is 0.156. The third-order valence-corrected chi connectivity index (χ3v) is 17.8. The van der Waals surface area contributed by atoms with Crippen LogP contribution in [0.3, 0.4) is 0 Å². The molecule has 0 bridgehead atoms. The van der Waals surface area contributed by atoms with Gasteiger partial charge >= 0.3 is 47.5 Å². The van der Waals surface area contributed by atoms with E-state index in [4.69, 9.17) is 12.3 Å². The topological polar surface area (TPSA) is 27.7 Å². The Morgan fingerprint density at radius 1 is 0.600 bits per heavy atom. The van der Waals surface area contributed by atoms with E-state index in [1.54, 1.807) is 52.4 Å². The van der Waals surface area contributed by atoms with E-state index in [0.717, 1.165) is 0 Å². The lowest BCUT2D eigenvalue weighted by Gasteiger charge is -2.42. The van der Waals surface area contributed by atoms with Gasteiger partial charge in [0, 0.05) is 0 Å². The standard InChI is InChI=1S/C17H33F11O3Si4/c1-32(2,3)29-34(7,8)31-35(9,30-33(4,5)6)11-10-12(16(24,25)26)14(20,21)17(27,28)15(22,23)13(18)19/h12-13H,10-11H2,1-9H3. The summed E-state index contributed by atoms with van der Waals surface area (Å²) >= 11 is 0. The summed E-state index contributed by atoms with van der Waals surface area (Å²) in [6, 6.07) is -0.946. The molecule has 0 aliphatic carbocycles. The maximum atomic E-state index is 14.3. The van der Waals surface area contributed by atoms with Gasteiger partial charge in [0.25, 0.3) is 0 Å². The number of hydrogen-bond acceptors (Lipinski definition) is 3. The average molecular weight is 607 g/mol. The molecule has 2 atom stereocenters. The Hall–Kier alpha value is -0.0225. The van der Waals surface area contributed by atoms with Crippen LogP contribution in [0.1, 0.15) is 6.42 Å². The fourth-order valence-corrected chi connectivity index (χ4v) is 21.5. The van der Waals surface area contributed by atoms with Crippen molar-refractivity contribution in [1.29, 1.82) is 0 Å². The molecule has 0 spiro atoms. The molecule has 0 saturated carbocycles. The van der Waals surface area contributed by atoms with Crippen molar-refractivity contribution in [3.63, 3.8) is 0 Å². The van der Waals surface area contributed by atoms with Crippen LogP contribution in [-0.4, -0.2) is 64.1 Å². The average Bonchev–Trinajstić information content (AvgIpc) is 2.47. The highest BCUT2D eigenvalue weighted by Gasteiger charge is 2.80. The molecular weight excluding hydrogens is 574 g/mol. The third kappa shape index (κ3) is 9.66. The predicted molar refractivity (Wildman–Crippen MR) is 119 cm³/mol. The van der Waals surface area contributed by atoms with Crippen LogP contribution in [0.2, 0.25) is 65.0 Å². The molecular formula is C17H33F11O3Si4. The van der Waals surface area contributed by atoms with E-state index in [9.17, 15) is 48.3 Å². The number of alkyl halides is 11. The molecule has 0 aliphatic heterocycles. The summed E-state index contributed by atoms with van der Waals surface area (Å²) in [5.74, 6) is -24.6. The lowest BCUT2D eigenvalue weighted by molar-refractivity contribution is -0.374. The van der Waals surface area contributed by atoms with Crippen molar-refractivity contribution in [2.45, 2.75) is 102 Å². The van der Waals surface area contributed by atoms with E-state index in [2.05, 4.69) is 0 Å². The Morgan fingerprint density at radius 2 is 1.00 bits per heavy atom. The molecule has 0 amide bonds. The van der Waals surface area contributed by atoms with Gasteiger partial charge in [-0.3, -0.25) is 0 Å². The fourth-order valence-electron chi connectivity index (χ4n) is 3.58. The minimum absolute atomic E-state index is 0.946. The van der Waals surface area contributed by atoms with Crippen LogP contribution in [-0.2, 0) is 12.3 Å². The van der Waals surface area contributed by atoms with Gasteiger partial charge in [-0.25, -0.2) is 8.78 Å². The summed E-state index contributed by atoms with van der Waals surface area (Å²) in [6.45, 7) is 14.6. The summed E-state index contributed by atoms with van der Waals surface area (Å²) < 4.78 is 166. The van der Waals surface area contributed by atoms with Gasteiger partial charge in [0.2, 0.25) is 0 Å². The highest BCUT2D eigenvalue weighted by Crippen LogP contribution is 2.56. The van der Waals surface area contributed by atoms with Gasteiger partial charge in [-0.05, 0) is 71.4 Å². The highest BCUT2D eigenvalue weighted by molar-refractivity contribution is 6.89. The second kappa shape index (κ2) is 10.6. The molecule has 0 radical (unpaired) electrons. The summed E-state index contributed by atoms with van der Waals surface area (Å²) in [5, 5.41) is 0. The minimum Gasteiger partial charge on any atom is -0.437 e. The molecule has 18 heteroatoms. The molecule has 0 aliphatic rings. The molecule has 35 heavy (non-hydrogen) atoms. The van der Waals surface area contributed by atoms with E-state index in [1.807, 2.05) is 0 Å². The second-order valence-corrected chi connectivity index (χ2v) is 27.3. The van der Waals surface area contributed by atoms with Crippen molar-refractivity contribution in [3.8, 4) is 0 Å². The first kappa shape index (κ1) is 35.0. The van der Waals surface area contributed by atoms with E-state index >= 15 is 0 Å². The van der Waals surface area contributed by atoms with Crippen molar-refractivity contribution in [1.82, 2.24) is 0 Å². The zero-order chi connectivity index (χ0) is 28.7. The summed E-state index contributed by atoms with van der Waals surface area (Å²) in [7, 11) is -11.9. The maximum Gasteiger partial charge on any atom is 0.397 e. The predicted octanol–water partition coefficient (Wildman–Crippen LogP) is 8.22. The van der Waals surface area contributed by atoms with Crippen LogP contribution in [0.5, 0.6) is 0 Å². The molecule has 0 fully saturated rings. The van der Waals surface area contributed by atoms with Crippen molar-refractivity contribution < 1.29 is 60.6 Å². The molecule has 212 valence electrons. The van der Waals surface area contributed by atoms with Gasteiger partial charge in [0.05, 0.1) is 0 Å². The Labute approximate surface area is 202 Å². The zero-order valence-corrected chi connectivity index (χ0v) is 25.0. The zero-order valence-electron chi connectivity index (χ0n) is 21.0. The molecule has 0 N–H and O–H groups in total. The first-order chi connectivity index (χ1) is 14.9. The van der Waals surface area contributed by atoms with Crippen LogP contribution in [0.4, 0.5) is 48.3 Å².